The highest BCUT2D eigenvalue weighted by atomic mass is 16.5. The van der Waals surface area contributed by atoms with Gasteiger partial charge >= 0.3 is 12.2 Å². The third-order valence-corrected chi connectivity index (χ3v) is 12.7. The lowest BCUT2D eigenvalue weighted by Gasteiger charge is -2.34. The number of hydrogen-bond acceptors (Lipinski definition) is 10. The standard InChI is InChI=1S/C48H51N9O7/c1-62-47(60)54-41(31-8-4-3-5-9-31)45(58)56-20-6-10-39(56)43-50-27-37(52-43)30-14-12-29(13-15-30)36-25-33-16-17-34(24-35(33)26-49-36)38-28-51-44(53-38)40-11-7-21-57(40)46(59)42(55-48(61)63-2)32-18-22-64-23-19-32/h3-5,8-9,12-17,24-28,32,39-42H,6-7,10-11,18-23H2,1-2H3,(H,50,52)(H,51,53)(H,54,60)(H,55,61)/t39-,40-,41+,42-/m0/s1. The summed E-state index contributed by atoms with van der Waals surface area (Å²) >= 11 is 0. The van der Waals surface area contributed by atoms with E-state index < -0.39 is 24.3 Å². The third-order valence-electron chi connectivity index (χ3n) is 12.7. The number of likely N-dealkylation sites (tertiary alicyclic amines) is 2. The number of carbonyl (C=O) groups is 4. The number of aromatic nitrogens is 5. The first-order valence-corrected chi connectivity index (χ1v) is 21.8. The number of pyridine rings is 1. The topological polar surface area (TPSA) is 197 Å². The molecular weight excluding hydrogens is 815 g/mol. The Labute approximate surface area is 370 Å². The van der Waals surface area contributed by atoms with Gasteiger partial charge in [0.1, 0.15) is 23.7 Å². The predicted octanol–water partition coefficient (Wildman–Crippen LogP) is 7.26. The molecule has 64 heavy (non-hydrogen) atoms. The molecule has 6 heterocycles. The zero-order chi connectivity index (χ0) is 44.2. The van der Waals surface area contributed by atoms with E-state index in [2.05, 4.69) is 38.8 Å². The lowest BCUT2D eigenvalue weighted by atomic mass is 9.90. The molecule has 3 saturated heterocycles. The number of amides is 4. The molecule has 4 N–H and O–H groups in total. The maximum Gasteiger partial charge on any atom is 0.407 e. The molecule has 3 aromatic carbocycles. The average Bonchev–Trinajstić information content (AvgIpc) is 4.20. The zero-order valence-electron chi connectivity index (χ0n) is 35.8. The molecule has 4 amide bonds. The first-order chi connectivity index (χ1) is 31.3. The van der Waals surface area contributed by atoms with Crippen LogP contribution >= 0.6 is 0 Å². The van der Waals surface area contributed by atoms with Crippen molar-refractivity contribution < 1.29 is 33.4 Å². The number of nitrogens with zero attached hydrogens (tertiary/aromatic N) is 5. The van der Waals surface area contributed by atoms with Crippen LogP contribution in [-0.4, -0.2) is 105 Å². The number of ether oxygens (including phenoxy) is 3. The number of H-pyrrole nitrogens is 2. The number of fused-ring (bicyclic) bond motifs is 1. The van der Waals surface area contributed by atoms with Gasteiger partial charge in [-0.05, 0) is 73.1 Å². The van der Waals surface area contributed by atoms with E-state index >= 15 is 0 Å². The van der Waals surface area contributed by atoms with Crippen LogP contribution in [0, 0.1) is 5.92 Å². The molecule has 3 aliphatic heterocycles. The molecule has 3 fully saturated rings. The monoisotopic (exact) mass is 865 g/mol. The minimum Gasteiger partial charge on any atom is -0.453 e. The van der Waals surface area contributed by atoms with Crippen molar-refractivity contribution in [2.75, 3.05) is 40.5 Å². The summed E-state index contributed by atoms with van der Waals surface area (Å²) in [6, 6.07) is 23.5. The summed E-state index contributed by atoms with van der Waals surface area (Å²) in [7, 11) is 2.58. The maximum absolute atomic E-state index is 14.0. The Bertz CT molecular complexity index is 2620. The number of imidazole rings is 2. The average molecular weight is 866 g/mol. The second-order valence-corrected chi connectivity index (χ2v) is 16.5. The molecule has 16 nitrogen and oxygen atoms in total. The fourth-order valence-electron chi connectivity index (χ4n) is 9.29. The van der Waals surface area contributed by atoms with Crippen molar-refractivity contribution in [2.45, 2.75) is 62.7 Å². The smallest absolute Gasteiger partial charge is 0.407 e. The van der Waals surface area contributed by atoms with E-state index in [-0.39, 0.29) is 29.8 Å². The Morgan fingerprint density at radius 3 is 2.11 bits per heavy atom. The lowest BCUT2D eigenvalue weighted by Crippen LogP contribution is -2.53. The van der Waals surface area contributed by atoms with Gasteiger partial charge in [-0.1, -0.05) is 66.7 Å². The molecule has 3 aromatic heterocycles. The summed E-state index contributed by atoms with van der Waals surface area (Å²) in [6.07, 6.45) is 8.77. The highest BCUT2D eigenvalue weighted by molar-refractivity contribution is 5.90. The van der Waals surface area contributed by atoms with E-state index in [9.17, 15) is 19.2 Å². The van der Waals surface area contributed by atoms with Crippen molar-refractivity contribution in [1.29, 1.82) is 0 Å². The summed E-state index contributed by atoms with van der Waals surface area (Å²) in [5, 5.41) is 7.52. The van der Waals surface area contributed by atoms with Crippen LogP contribution in [0.15, 0.2) is 97.5 Å². The summed E-state index contributed by atoms with van der Waals surface area (Å²) in [6.45, 7) is 2.23. The Hall–Kier alpha value is -7.07. The van der Waals surface area contributed by atoms with Crippen molar-refractivity contribution >= 4 is 34.8 Å². The second kappa shape index (κ2) is 18.7. The predicted molar refractivity (Wildman–Crippen MR) is 237 cm³/mol. The Morgan fingerprint density at radius 2 is 1.38 bits per heavy atom. The number of nitrogens with one attached hydrogen (secondary N) is 4. The Morgan fingerprint density at radius 1 is 0.703 bits per heavy atom. The van der Waals surface area contributed by atoms with Gasteiger partial charge in [-0.3, -0.25) is 14.6 Å². The molecule has 0 unspecified atom stereocenters. The molecule has 9 rings (SSSR count). The Kier molecular flexibility index (Phi) is 12.4. The second-order valence-electron chi connectivity index (χ2n) is 16.5. The van der Waals surface area contributed by atoms with E-state index in [0.29, 0.717) is 56.4 Å². The minimum atomic E-state index is -0.888. The maximum atomic E-state index is 14.0. The summed E-state index contributed by atoms with van der Waals surface area (Å²) < 4.78 is 15.2. The molecule has 0 saturated carbocycles. The first kappa shape index (κ1) is 42.2. The van der Waals surface area contributed by atoms with Gasteiger partial charge in [-0.15, -0.1) is 0 Å². The van der Waals surface area contributed by atoms with Gasteiger partial charge in [-0.25, -0.2) is 19.6 Å². The van der Waals surface area contributed by atoms with Gasteiger partial charge in [0.2, 0.25) is 5.91 Å². The molecule has 0 bridgehead atoms. The summed E-state index contributed by atoms with van der Waals surface area (Å²) in [4.78, 5) is 77.4. The van der Waals surface area contributed by atoms with Gasteiger partial charge in [0.05, 0.1) is 49.6 Å². The van der Waals surface area contributed by atoms with Gasteiger partial charge in [0, 0.05) is 55.2 Å². The quantitative estimate of drug-likeness (QED) is 0.103. The van der Waals surface area contributed by atoms with Crippen LogP contribution in [0.2, 0.25) is 0 Å². The molecule has 0 spiro atoms. The van der Waals surface area contributed by atoms with E-state index in [1.54, 1.807) is 11.1 Å². The van der Waals surface area contributed by atoms with Crippen molar-refractivity contribution in [2.24, 2.45) is 5.92 Å². The fraction of sp³-hybridized carbons (Fsp3) is 0.354. The fourth-order valence-corrected chi connectivity index (χ4v) is 9.29. The first-order valence-electron chi connectivity index (χ1n) is 21.8. The van der Waals surface area contributed by atoms with E-state index in [0.717, 1.165) is 70.2 Å². The normalized spacial score (nSPS) is 18.7. The van der Waals surface area contributed by atoms with E-state index in [1.807, 2.05) is 78.0 Å². The number of rotatable bonds is 11. The highest BCUT2D eigenvalue weighted by Crippen LogP contribution is 2.36. The molecule has 0 aliphatic carbocycles. The third kappa shape index (κ3) is 8.78. The molecule has 4 atom stereocenters. The van der Waals surface area contributed by atoms with Crippen LogP contribution in [0.1, 0.15) is 73.9 Å². The zero-order valence-corrected chi connectivity index (χ0v) is 35.8. The summed E-state index contributed by atoms with van der Waals surface area (Å²) in [5.41, 5.74) is 5.93. The molecule has 16 heteroatoms. The van der Waals surface area contributed by atoms with Crippen LogP contribution in [0.4, 0.5) is 9.59 Å². The van der Waals surface area contributed by atoms with Crippen molar-refractivity contribution in [3.8, 4) is 33.8 Å². The number of hydrogen-bond donors (Lipinski definition) is 4. The van der Waals surface area contributed by atoms with Crippen molar-refractivity contribution in [3.63, 3.8) is 0 Å². The van der Waals surface area contributed by atoms with Crippen LogP contribution in [0.3, 0.4) is 0 Å². The van der Waals surface area contributed by atoms with Crippen LogP contribution in [0.5, 0.6) is 0 Å². The minimum absolute atomic E-state index is 0.0364. The van der Waals surface area contributed by atoms with Gasteiger partial charge < -0.3 is 44.6 Å². The number of benzene rings is 3. The SMILES string of the molecule is COC(=O)N[C@H](C(=O)N1CCC[C@H]1c1nc(-c2ccc3cc(-c4ccc(-c5cnc([C@@H]6CCCN6C(=O)[C@H](NC(=O)OC)c6ccccc6)[nH]5)cc4)ncc3c2)c[nH]1)C1CCOCC1. The molecular formula is C48H51N9O7. The van der Waals surface area contributed by atoms with Gasteiger partial charge in [-0.2, -0.15) is 0 Å². The molecule has 3 aliphatic rings. The van der Waals surface area contributed by atoms with Crippen LogP contribution < -0.4 is 10.6 Å². The van der Waals surface area contributed by atoms with Crippen LogP contribution in [-0.2, 0) is 23.8 Å². The molecule has 330 valence electrons. The van der Waals surface area contributed by atoms with E-state index in [4.69, 9.17) is 29.2 Å². The molecule has 6 aromatic rings. The van der Waals surface area contributed by atoms with Gasteiger partial charge in [0.15, 0.2) is 0 Å². The molecule has 0 radical (unpaired) electrons. The number of alkyl carbamates (subject to hydrolysis) is 2. The Balaban J connectivity index is 0.868. The number of methoxy groups -OCH3 is 2. The largest absolute Gasteiger partial charge is 0.453 e. The summed E-state index contributed by atoms with van der Waals surface area (Å²) in [5.74, 6) is 1.03. The van der Waals surface area contributed by atoms with Crippen molar-refractivity contribution in [1.82, 2.24) is 45.4 Å². The lowest BCUT2D eigenvalue weighted by molar-refractivity contribution is -0.137. The van der Waals surface area contributed by atoms with Crippen LogP contribution in [0.25, 0.3) is 44.5 Å². The van der Waals surface area contributed by atoms with Crippen molar-refractivity contribution in [3.05, 3.63) is 115 Å². The van der Waals surface area contributed by atoms with E-state index in [1.165, 1.54) is 14.2 Å². The highest BCUT2D eigenvalue weighted by Gasteiger charge is 2.40. The number of aromatic amines is 2. The van der Waals surface area contributed by atoms with Gasteiger partial charge in [0.25, 0.3) is 5.91 Å². The number of carbonyl (C=O) groups excluding carboxylic acids is 4.